The zero-order valence-electron chi connectivity index (χ0n) is 20.4. The third-order valence-corrected chi connectivity index (χ3v) is 5.68. The van der Waals surface area contributed by atoms with Gasteiger partial charge in [0.25, 0.3) is 5.91 Å². The van der Waals surface area contributed by atoms with E-state index in [9.17, 15) is 27.9 Å². The van der Waals surface area contributed by atoms with Crippen molar-refractivity contribution in [3.8, 4) is 0 Å². The molecule has 0 saturated heterocycles. The predicted octanol–water partition coefficient (Wildman–Crippen LogP) is 6.40. The molecule has 0 aliphatic rings. The summed E-state index contributed by atoms with van der Waals surface area (Å²) < 4.78 is 38.7. The highest BCUT2D eigenvalue weighted by Crippen LogP contribution is 2.29. The summed E-state index contributed by atoms with van der Waals surface area (Å²) in [6, 6.07) is 25.2. The number of halogens is 3. The van der Waals surface area contributed by atoms with E-state index in [0.717, 1.165) is 12.1 Å². The molecule has 4 aromatic rings. The Morgan fingerprint density at radius 1 is 0.872 bits per heavy atom. The number of amides is 1. The lowest BCUT2D eigenvalue weighted by Gasteiger charge is -2.13. The zero-order valence-corrected chi connectivity index (χ0v) is 20.4. The summed E-state index contributed by atoms with van der Waals surface area (Å²) in [4.78, 5) is 33.4. The number of hydrogen-bond acceptors (Lipinski definition) is 4. The van der Waals surface area contributed by atoms with Gasteiger partial charge < -0.3 is 10.4 Å². The predicted molar refractivity (Wildman–Crippen MR) is 142 cm³/mol. The first kappa shape index (κ1) is 27.0. The number of nitrogens with zero attached hydrogens (tertiary/aromatic N) is 2. The number of carbonyl (C=O) groups excluding carboxylic acids is 1. The summed E-state index contributed by atoms with van der Waals surface area (Å²) in [7, 11) is 0. The van der Waals surface area contributed by atoms with Crippen molar-refractivity contribution < 1.29 is 27.9 Å². The van der Waals surface area contributed by atoms with E-state index in [2.05, 4.69) is 15.3 Å². The number of benzene rings is 3. The van der Waals surface area contributed by atoms with Crippen LogP contribution in [0, 0.1) is 0 Å². The maximum absolute atomic E-state index is 12.9. The van der Waals surface area contributed by atoms with E-state index in [1.807, 2.05) is 6.07 Å². The molecule has 196 valence electrons. The van der Waals surface area contributed by atoms with Crippen LogP contribution in [0.5, 0.6) is 0 Å². The molecule has 1 amide bonds. The van der Waals surface area contributed by atoms with Crippen molar-refractivity contribution >= 4 is 23.3 Å². The lowest BCUT2D eigenvalue weighted by molar-refractivity contribution is -0.137. The maximum atomic E-state index is 12.9. The average Bonchev–Trinajstić information content (AvgIpc) is 2.94. The molecule has 2 N–H and O–H groups in total. The molecule has 0 aliphatic carbocycles. The summed E-state index contributed by atoms with van der Waals surface area (Å²) in [5.74, 6) is -1.69. The number of pyridine rings is 1. The summed E-state index contributed by atoms with van der Waals surface area (Å²) in [6.45, 7) is 0. The van der Waals surface area contributed by atoms with Crippen molar-refractivity contribution in [2.75, 3.05) is 5.32 Å². The average molecular weight is 530 g/mol. The third kappa shape index (κ3) is 7.04. The fraction of sp³-hybridized carbons (Fsp3) is 0.0667. The molecule has 1 heterocycles. The molecular formula is C30H22F3N3O3. The van der Waals surface area contributed by atoms with Crippen LogP contribution in [0.15, 0.2) is 120 Å². The van der Waals surface area contributed by atoms with Gasteiger partial charge in [0.1, 0.15) is 5.69 Å². The van der Waals surface area contributed by atoms with Gasteiger partial charge in [0.2, 0.25) is 0 Å². The molecule has 3 aromatic carbocycles. The van der Waals surface area contributed by atoms with Gasteiger partial charge in [-0.25, -0.2) is 4.79 Å². The van der Waals surface area contributed by atoms with Crippen molar-refractivity contribution in [2.24, 2.45) is 4.99 Å². The van der Waals surface area contributed by atoms with Crippen molar-refractivity contribution in [1.82, 2.24) is 4.98 Å². The first-order valence-corrected chi connectivity index (χ1v) is 11.8. The standard InChI is InChI=1S/C30H22F3N3O3/c31-30(32,33)23-15-13-20(14-16-23)18-22(29(38)39)19-35-27(21-8-2-1-3-9-21)24-10-4-5-11-25(24)36-28(37)26-12-6-7-17-34-26/h1-17,19H,18H2,(H,36,37)(H,38,39)/b22-19-,35-27?. The number of aliphatic carboxylic acids is 1. The van der Waals surface area contributed by atoms with E-state index in [-0.39, 0.29) is 17.7 Å². The molecule has 0 radical (unpaired) electrons. The zero-order chi connectivity index (χ0) is 27.8. The molecule has 39 heavy (non-hydrogen) atoms. The van der Waals surface area contributed by atoms with Crippen molar-refractivity contribution in [1.29, 1.82) is 0 Å². The number of aromatic nitrogens is 1. The first-order valence-electron chi connectivity index (χ1n) is 11.8. The minimum absolute atomic E-state index is 0.127. The molecule has 9 heteroatoms. The van der Waals surface area contributed by atoms with Gasteiger partial charge in [-0.1, -0.05) is 66.7 Å². The number of para-hydroxylation sites is 1. The quantitative estimate of drug-likeness (QED) is 0.204. The molecular weight excluding hydrogens is 507 g/mol. The monoisotopic (exact) mass is 529 g/mol. The van der Waals surface area contributed by atoms with Crippen LogP contribution < -0.4 is 5.32 Å². The lowest BCUT2D eigenvalue weighted by Crippen LogP contribution is -2.16. The van der Waals surface area contributed by atoms with Gasteiger partial charge in [-0.05, 0) is 35.9 Å². The Morgan fingerprint density at radius 3 is 2.18 bits per heavy atom. The number of carboxylic acid groups (broad SMARTS) is 1. The van der Waals surface area contributed by atoms with Gasteiger partial charge in [-0.15, -0.1) is 0 Å². The van der Waals surface area contributed by atoms with Gasteiger partial charge >= 0.3 is 12.1 Å². The Bertz CT molecular complexity index is 1520. The van der Waals surface area contributed by atoms with E-state index >= 15 is 0 Å². The van der Waals surface area contributed by atoms with E-state index in [1.165, 1.54) is 24.5 Å². The highest BCUT2D eigenvalue weighted by Gasteiger charge is 2.30. The number of alkyl halides is 3. The van der Waals surface area contributed by atoms with Crippen LogP contribution >= 0.6 is 0 Å². The highest BCUT2D eigenvalue weighted by molar-refractivity contribution is 6.18. The minimum Gasteiger partial charge on any atom is -0.478 e. The lowest BCUT2D eigenvalue weighted by atomic mass is 10.00. The van der Waals surface area contributed by atoms with E-state index in [4.69, 9.17) is 0 Å². The van der Waals surface area contributed by atoms with Crippen molar-refractivity contribution in [3.05, 3.63) is 143 Å². The Kier molecular flexibility index (Phi) is 8.30. The molecule has 0 bridgehead atoms. The van der Waals surface area contributed by atoms with Gasteiger partial charge in [-0.3, -0.25) is 14.8 Å². The molecule has 0 aliphatic heterocycles. The van der Waals surface area contributed by atoms with Crippen LogP contribution in [0.3, 0.4) is 0 Å². The fourth-order valence-corrected chi connectivity index (χ4v) is 3.73. The van der Waals surface area contributed by atoms with Crippen molar-refractivity contribution in [3.63, 3.8) is 0 Å². The summed E-state index contributed by atoms with van der Waals surface area (Å²) in [5.41, 5.74) is 1.67. The van der Waals surface area contributed by atoms with Crippen molar-refractivity contribution in [2.45, 2.75) is 12.6 Å². The van der Waals surface area contributed by atoms with Crippen LogP contribution in [-0.2, 0) is 17.4 Å². The first-order chi connectivity index (χ1) is 18.7. The second-order valence-electron chi connectivity index (χ2n) is 8.39. The number of nitrogens with one attached hydrogen (secondary N) is 1. The Morgan fingerprint density at radius 2 is 1.54 bits per heavy atom. The summed E-state index contributed by atoms with van der Waals surface area (Å²) >= 11 is 0. The Labute approximate surface area is 222 Å². The number of anilines is 1. The highest BCUT2D eigenvalue weighted by atomic mass is 19.4. The third-order valence-electron chi connectivity index (χ3n) is 5.68. The van der Waals surface area contributed by atoms with Crippen LogP contribution in [0.2, 0.25) is 0 Å². The molecule has 4 rings (SSSR count). The van der Waals surface area contributed by atoms with Gasteiger partial charge in [-0.2, -0.15) is 13.2 Å². The molecule has 0 atom stereocenters. The smallest absolute Gasteiger partial charge is 0.416 e. The van der Waals surface area contributed by atoms with Crippen LogP contribution in [0.1, 0.15) is 32.7 Å². The molecule has 6 nitrogen and oxygen atoms in total. The summed E-state index contributed by atoms with van der Waals surface area (Å²) in [5, 5.41) is 12.6. The normalized spacial score (nSPS) is 12.2. The Hall–Kier alpha value is -5.05. The summed E-state index contributed by atoms with van der Waals surface area (Å²) in [6.07, 6.45) is -1.94. The largest absolute Gasteiger partial charge is 0.478 e. The number of carbonyl (C=O) groups is 2. The number of aliphatic imine (C=N–C) groups is 1. The van der Waals surface area contributed by atoms with Gasteiger partial charge in [0.05, 0.1) is 22.5 Å². The number of rotatable bonds is 8. The van der Waals surface area contributed by atoms with E-state index in [1.54, 1.807) is 66.7 Å². The van der Waals surface area contributed by atoms with Crippen LogP contribution in [0.4, 0.5) is 18.9 Å². The second kappa shape index (κ2) is 12.0. The van der Waals surface area contributed by atoms with Gasteiger partial charge in [0.15, 0.2) is 0 Å². The topological polar surface area (TPSA) is 91.6 Å². The molecule has 0 fully saturated rings. The van der Waals surface area contributed by atoms with Gasteiger partial charge in [0, 0.05) is 29.9 Å². The second-order valence-corrected chi connectivity index (χ2v) is 8.39. The SMILES string of the molecule is O=C(O)/C(=C\N=C(c1ccccc1)c1ccccc1NC(=O)c1ccccn1)Cc1ccc(C(F)(F)F)cc1. The molecule has 0 saturated carbocycles. The number of hydrogen-bond donors (Lipinski definition) is 2. The van der Waals surface area contributed by atoms with E-state index < -0.39 is 23.6 Å². The number of carboxylic acids is 1. The Balaban J connectivity index is 1.72. The molecule has 0 unspecified atom stereocenters. The maximum Gasteiger partial charge on any atom is 0.416 e. The fourth-order valence-electron chi connectivity index (χ4n) is 3.73. The minimum atomic E-state index is -4.49. The molecule has 1 aromatic heterocycles. The molecule has 0 spiro atoms. The van der Waals surface area contributed by atoms with Crippen LogP contribution in [0.25, 0.3) is 0 Å². The van der Waals surface area contributed by atoms with Crippen LogP contribution in [-0.4, -0.2) is 27.7 Å². The van der Waals surface area contributed by atoms with E-state index in [0.29, 0.717) is 28.1 Å².